The number of morpholine rings is 1. The van der Waals surface area contributed by atoms with Crippen LogP contribution in [-0.4, -0.2) is 42.7 Å². The highest BCUT2D eigenvalue weighted by molar-refractivity contribution is 6.30. The van der Waals surface area contributed by atoms with Gasteiger partial charge in [-0.3, -0.25) is 9.88 Å². The van der Waals surface area contributed by atoms with Gasteiger partial charge in [-0.05, 0) is 29.3 Å². The first-order chi connectivity index (χ1) is 11.3. The van der Waals surface area contributed by atoms with Crippen molar-refractivity contribution in [1.82, 2.24) is 15.2 Å². The highest BCUT2D eigenvalue weighted by atomic mass is 35.5. The highest BCUT2D eigenvalue weighted by Crippen LogP contribution is 2.24. The van der Waals surface area contributed by atoms with Crippen molar-refractivity contribution in [2.75, 3.05) is 32.8 Å². The molecule has 0 aliphatic carbocycles. The number of rotatable bonds is 6. The molecule has 0 bridgehead atoms. The van der Waals surface area contributed by atoms with Gasteiger partial charge in [0.15, 0.2) is 0 Å². The Balaban J connectivity index is 1.67. The van der Waals surface area contributed by atoms with Gasteiger partial charge in [-0.15, -0.1) is 0 Å². The molecule has 0 radical (unpaired) electrons. The van der Waals surface area contributed by atoms with Crippen LogP contribution in [0.2, 0.25) is 5.02 Å². The number of ether oxygens (including phenoxy) is 1. The fraction of sp³-hybridized carbons (Fsp3) is 0.389. The summed E-state index contributed by atoms with van der Waals surface area (Å²) in [5.41, 5.74) is 2.44. The molecule has 23 heavy (non-hydrogen) atoms. The van der Waals surface area contributed by atoms with E-state index in [0.717, 1.165) is 44.4 Å². The van der Waals surface area contributed by atoms with Crippen LogP contribution in [0.15, 0.2) is 48.8 Å². The van der Waals surface area contributed by atoms with Gasteiger partial charge in [-0.1, -0.05) is 29.8 Å². The second kappa shape index (κ2) is 8.41. The molecule has 0 spiro atoms. The van der Waals surface area contributed by atoms with E-state index in [-0.39, 0.29) is 0 Å². The molecule has 0 unspecified atom stereocenters. The molecule has 1 atom stereocenters. The molecule has 3 rings (SSSR count). The molecule has 0 saturated carbocycles. The summed E-state index contributed by atoms with van der Waals surface area (Å²) in [5.74, 6) is 0. The van der Waals surface area contributed by atoms with E-state index >= 15 is 0 Å². The van der Waals surface area contributed by atoms with Gasteiger partial charge in [0.2, 0.25) is 0 Å². The van der Waals surface area contributed by atoms with E-state index in [1.54, 1.807) is 6.20 Å². The average Bonchev–Trinajstić information content (AvgIpc) is 2.60. The number of pyridine rings is 1. The number of aromatic nitrogens is 1. The van der Waals surface area contributed by atoms with Crippen molar-refractivity contribution in [2.45, 2.75) is 12.6 Å². The predicted molar refractivity (Wildman–Crippen MR) is 92.5 cm³/mol. The minimum atomic E-state index is 0.300. The second-order valence-electron chi connectivity index (χ2n) is 5.71. The standard InChI is InChI=1S/C18H22ClN3O/c19-17-5-1-4-16(11-17)18(22-7-9-23-10-8-22)14-21-13-15-3-2-6-20-12-15/h1-6,11-12,18,21H,7-10,13-14H2/t18-/m1/s1. The maximum absolute atomic E-state index is 6.19. The van der Waals surface area contributed by atoms with Crippen molar-refractivity contribution in [1.29, 1.82) is 0 Å². The van der Waals surface area contributed by atoms with Crippen molar-refractivity contribution < 1.29 is 4.74 Å². The van der Waals surface area contributed by atoms with Gasteiger partial charge >= 0.3 is 0 Å². The Morgan fingerprint density at radius 2 is 2.09 bits per heavy atom. The normalized spacial score (nSPS) is 17.1. The predicted octanol–water partition coefficient (Wildman–Crippen LogP) is 2.90. The van der Waals surface area contributed by atoms with E-state index in [1.807, 2.05) is 24.4 Å². The molecule has 1 aromatic carbocycles. The van der Waals surface area contributed by atoms with Crippen molar-refractivity contribution in [3.63, 3.8) is 0 Å². The van der Waals surface area contributed by atoms with Gasteiger partial charge in [0, 0.05) is 49.6 Å². The zero-order valence-electron chi connectivity index (χ0n) is 13.1. The van der Waals surface area contributed by atoms with E-state index in [2.05, 4.69) is 33.4 Å². The molecule has 2 aromatic rings. The SMILES string of the molecule is Clc1cccc([C@@H](CNCc2cccnc2)N2CCOCC2)c1. The quantitative estimate of drug-likeness (QED) is 0.883. The Kier molecular flexibility index (Phi) is 6.00. The average molecular weight is 332 g/mol. The highest BCUT2D eigenvalue weighted by Gasteiger charge is 2.22. The van der Waals surface area contributed by atoms with Crippen LogP contribution < -0.4 is 5.32 Å². The first kappa shape index (κ1) is 16.4. The molecule has 1 saturated heterocycles. The lowest BCUT2D eigenvalue weighted by Gasteiger charge is -2.35. The second-order valence-corrected chi connectivity index (χ2v) is 6.15. The molecule has 5 heteroatoms. The molecule has 122 valence electrons. The lowest BCUT2D eigenvalue weighted by atomic mass is 10.0. The smallest absolute Gasteiger partial charge is 0.0594 e. The van der Waals surface area contributed by atoms with Gasteiger partial charge in [-0.25, -0.2) is 0 Å². The maximum atomic E-state index is 6.19. The molecule has 1 N–H and O–H groups in total. The van der Waals surface area contributed by atoms with Crippen LogP contribution in [0.25, 0.3) is 0 Å². The Morgan fingerprint density at radius 1 is 1.22 bits per heavy atom. The van der Waals surface area contributed by atoms with Crippen LogP contribution in [0.4, 0.5) is 0 Å². The third-order valence-corrected chi connectivity index (χ3v) is 4.34. The number of nitrogens with one attached hydrogen (secondary N) is 1. The molecule has 0 amide bonds. The summed E-state index contributed by atoms with van der Waals surface area (Å²) >= 11 is 6.19. The fourth-order valence-electron chi connectivity index (χ4n) is 2.92. The minimum absolute atomic E-state index is 0.300. The zero-order valence-corrected chi connectivity index (χ0v) is 13.9. The van der Waals surface area contributed by atoms with E-state index in [9.17, 15) is 0 Å². The fourth-order valence-corrected chi connectivity index (χ4v) is 3.12. The van der Waals surface area contributed by atoms with Crippen LogP contribution in [-0.2, 0) is 11.3 Å². The summed E-state index contributed by atoms with van der Waals surface area (Å²) in [4.78, 5) is 6.62. The molecule has 1 aromatic heterocycles. The summed E-state index contributed by atoms with van der Waals surface area (Å²) < 4.78 is 5.49. The monoisotopic (exact) mass is 331 g/mol. The lowest BCUT2D eigenvalue weighted by molar-refractivity contribution is 0.0161. The van der Waals surface area contributed by atoms with Gasteiger partial charge in [0.05, 0.1) is 13.2 Å². The molecular weight excluding hydrogens is 310 g/mol. The number of benzene rings is 1. The number of halogens is 1. The van der Waals surface area contributed by atoms with Crippen molar-refractivity contribution >= 4 is 11.6 Å². The van der Waals surface area contributed by atoms with E-state index in [1.165, 1.54) is 11.1 Å². The number of hydrogen-bond donors (Lipinski definition) is 1. The number of hydrogen-bond acceptors (Lipinski definition) is 4. The topological polar surface area (TPSA) is 37.4 Å². The summed E-state index contributed by atoms with van der Waals surface area (Å²) in [6.45, 7) is 5.17. The summed E-state index contributed by atoms with van der Waals surface area (Å²) in [6.07, 6.45) is 3.70. The summed E-state index contributed by atoms with van der Waals surface area (Å²) in [7, 11) is 0. The van der Waals surface area contributed by atoms with E-state index in [4.69, 9.17) is 16.3 Å². The van der Waals surface area contributed by atoms with Crippen LogP contribution in [0, 0.1) is 0 Å². The van der Waals surface area contributed by atoms with Gasteiger partial charge in [0.1, 0.15) is 0 Å². The maximum Gasteiger partial charge on any atom is 0.0594 e. The van der Waals surface area contributed by atoms with Crippen LogP contribution >= 0.6 is 11.6 Å². The first-order valence-corrected chi connectivity index (χ1v) is 8.37. The molecule has 1 aliphatic rings. The molecule has 4 nitrogen and oxygen atoms in total. The Morgan fingerprint density at radius 3 is 2.83 bits per heavy atom. The van der Waals surface area contributed by atoms with Crippen LogP contribution in [0.1, 0.15) is 17.2 Å². The van der Waals surface area contributed by atoms with Crippen molar-refractivity contribution in [3.05, 3.63) is 64.9 Å². The largest absolute Gasteiger partial charge is 0.379 e. The molecule has 2 heterocycles. The summed E-state index contributed by atoms with van der Waals surface area (Å²) in [6, 6.07) is 12.5. The van der Waals surface area contributed by atoms with Gasteiger partial charge in [0.25, 0.3) is 0 Å². The van der Waals surface area contributed by atoms with E-state index in [0.29, 0.717) is 6.04 Å². The zero-order chi connectivity index (χ0) is 15.9. The Labute approximate surface area is 142 Å². The van der Waals surface area contributed by atoms with Gasteiger partial charge in [-0.2, -0.15) is 0 Å². The van der Waals surface area contributed by atoms with E-state index < -0.39 is 0 Å². The molecule has 1 aliphatic heterocycles. The third-order valence-electron chi connectivity index (χ3n) is 4.11. The van der Waals surface area contributed by atoms with Crippen molar-refractivity contribution in [3.8, 4) is 0 Å². The van der Waals surface area contributed by atoms with Gasteiger partial charge < -0.3 is 10.1 Å². The van der Waals surface area contributed by atoms with Crippen LogP contribution in [0.3, 0.4) is 0 Å². The van der Waals surface area contributed by atoms with Crippen LogP contribution in [0.5, 0.6) is 0 Å². The Hall–Kier alpha value is -1.46. The molecular formula is C18H22ClN3O. The first-order valence-electron chi connectivity index (χ1n) is 8.00. The lowest BCUT2D eigenvalue weighted by Crippen LogP contribution is -2.42. The van der Waals surface area contributed by atoms with Crippen molar-refractivity contribution in [2.24, 2.45) is 0 Å². The third kappa shape index (κ3) is 4.75. The Bertz CT molecular complexity index is 602. The summed E-state index contributed by atoms with van der Waals surface area (Å²) in [5, 5.41) is 4.34. The number of nitrogens with zero attached hydrogens (tertiary/aromatic N) is 2. The minimum Gasteiger partial charge on any atom is -0.379 e. The molecule has 1 fully saturated rings.